The third-order valence-corrected chi connectivity index (χ3v) is 7.30. The van der Waals surface area contributed by atoms with Gasteiger partial charge in [0.1, 0.15) is 12.3 Å². The highest BCUT2D eigenvalue weighted by Gasteiger charge is 2.24. The van der Waals surface area contributed by atoms with Crippen molar-refractivity contribution < 1.29 is 40.1 Å². The molecule has 0 fully saturated rings. The highest BCUT2D eigenvalue weighted by molar-refractivity contribution is 8.31. The molecule has 3 N–H and O–H groups in total. The van der Waals surface area contributed by atoms with Gasteiger partial charge in [0.2, 0.25) is 17.7 Å². The first-order valence-corrected chi connectivity index (χ1v) is 12.4. The second-order valence-corrected chi connectivity index (χ2v) is 10.9. The molecule has 3 amide bonds. The maximum atomic E-state index is 11.9. The Kier molecular flexibility index (Phi) is 9.90. The number of carbonyl (C=O) groups is 4. The molecular weight excluding hydrogens is 454 g/mol. The zero-order valence-electron chi connectivity index (χ0n) is 17.4. The van der Waals surface area contributed by atoms with E-state index in [1.165, 1.54) is 19.1 Å². The van der Waals surface area contributed by atoms with Crippen LogP contribution in [0.5, 0.6) is 5.75 Å². The number of rotatable bonds is 11. The monoisotopic (exact) mass is 479 g/mol. The average Bonchev–Trinajstić information content (AvgIpc) is 2.68. The number of ether oxygens (including phenoxy) is 1. The predicted octanol–water partition coefficient (Wildman–Crippen LogP) is -0.794. The largest absolute Gasteiger partial charge is 0.425 e. The maximum absolute atomic E-state index is 11.9. The van der Waals surface area contributed by atoms with Gasteiger partial charge in [-0.1, -0.05) is 10.3 Å². The molecule has 0 spiro atoms. The fourth-order valence-electron chi connectivity index (χ4n) is 1.96. The van der Waals surface area contributed by atoms with Crippen LogP contribution < -0.4 is 20.7 Å². The zero-order valence-corrected chi connectivity index (χ0v) is 19.1. The molecule has 0 radical (unpaired) electrons. The van der Waals surface area contributed by atoms with Crippen molar-refractivity contribution in [1.29, 1.82) is 0 Å². The molecule has 0 atom stereocenters. The average molecular weight is 480 g/mol. The minimum atomic E-state index is -4.12. The van der Waals surface area contributed by atoms with Crippen LogP contribution in [0.25, 0.3) is 0 Å². The van der Waals surface area contributed by atoms with Crippen molar-refractivity contribution in [3.05, 3.63) is 24.3 Å². The van der Waals surface area contributed by atoms with Gasteiger partial charge < -0.3 is 20.7 Å². The highest BCUT2D eigenvalue weighted by atomic mass is 32.3. The van der Waals surface area contributed by atoms with Crippen LogP contribution >= 0.6 is 10.3 Å². The number of hydrogen-bond donors (Lipinski definition) is 3. The van der Waals surface area contributed by atoms with E-state index in [0.29, 0.717) is 4.90 Å². The first kappa shape index (κ1) is 26.4. The number of nitrogens with one attached hydrogen (secondary N) is 3. The van der Waals surface area contributed by atoms with Crippen molar-refractivity contribution >= 4 is 44.4 Å². The van der Waals surface area contributed by atoms with Crippen molar-refractivity contribution in [2.45, 2.75) is 11.8 Å². The number of amides is 3. The Hall–Kier alpha value is -2.68. The Labute approximate surface area is 181 Å². The van der Waals surface area contributed by atoms with Gasteiger partial charge in [-0.3, -0.25) is 18.6 Å². The predicted molar refractivity (Wildman–Crippen MR) is 111 cm³/mol. The number of esters is 1. The molecule has 0 bridgehead atoms. The Bertz CT molecular complexity index is 915. The van der Waals surface area contributed by atoms with Crippen molar-refractivity contribution in [1.82, 2.24) is 16.0 Å². The molecule has 1 rings (SSSR count). The standard InChI is InChI=1S/C17H25N3O9S2/c1-12(21)18-9-15(22)19-10-16(23)20-11-17(24)28-13-5-7-14(8-6-13)30(3,4)29-31(25,26)27-2/h5-8H,9-11H2,1-4H3,(H,18,21)(H,19,22)(H,20,23). The van der Waals surface area contributed by atoms with Gasteiger partial charge in [0, 0.05) is 11.8 Å². The van der Waals surface area contributed by atoms with Gasteiger partial charge in [-0.05, 0) is 36.8 Å². The van der Waals surface area contributed by atoms with E-state index in [9.17, 15) is 27.6 Å². The molecule has 0 aliphatic carbocycles. The zero-order chi connectivity index (χ0) is 23.7. The molecule has 1 aromatic carbocycles. The second-order valence-electron chi connectivity index (χ2n) is 6.28. The molecule has 0 aliphatic heterocycles. The van der Waals surface area contributed by atoms with Crippen molar-refractivity contribution in [2.24, 2.45) is 0 Å². The summed E-state index contributed by atoms with van der Waals surface area (Å²) < 4.78 is 37.4. The van der Waals surface area contributed by atoms with Crippen molar-refractivity contribution in [3.63, 3.8) is 0 Å². The van der Waals surface area contributed by atoms with E-state index < -0.39 is 45.0 Å². The normalized spacial score (nSPS) is 11.9. The molecule has 0 saturated heterocycles. The van der Waals surface area contributed by atoms with E-state index in [1.807, 2.05) is 0 Å². The third-order valence-electron chi connectivity index (χ3n) is 3.45. The summed E-state index contributed by atoms with van der Waals surface area (Å²) in [5.74, 6) is -2.13. The fraction of sp³-hybridized carbons (Fsp3) is 0.412. The lowest BCUT2D eigenvalue weighted by atomic mass is 10.3. The maximum Gasteiger partial charge on any atom is 0.409 e. The number of benzene rings is 1. The van der Waals surface area contributed by atoms with Crippen LogP contribution in [0.2, 0.25) is 0 Å². The van der Waals surface area contributed by atoms with E-state index in [4.69, 9.17) is 8.37 Å². The summed E-state index contributed by atoms with van der Waals surface area (Å²) in [7, 11) is -5.32. The van der Waals surface area contributed by atoms with Gasteiger partial charge in [0.25, 0.3) is 0 Å². The van der Waals surface area contributed by atoms with Gasteiger partial charge in [-0.2, -0.15) is 12.0 Å². The smallest absolute Gasteiger partial charge is 0.409 e. The van der Waals surface area contributed by atoms with E-state index in [0.717, 1.165) is 7.11 Å². The lowest BCUT2D eigenvalue weighted by molar-refractivity contribution is -0.135. The van der Waals surface area contributed by atoms with Crippen LogP contribution in [-0.4, -0.2) is 71.4 Å². The molecule has 0 heterocycles. The van der Waals surface area contributed by atoms with Crippen LogP contribution in [0, 0.1) is 0 Å². The molecule has 1 aromatic rings. The van der Waals surface area contributed by atoms with Gasteiger partial charge in [0.15, 0.2) is 0 Å². The molecular formula is C17H25N3O9S2. The molecule has 12 nitrogen and oxygen atoms in total. The van der Waals surface area contributed by atoms with E-state index >= 15 is 0 Å². The Morgan fingerprint density at radius 3 is 1.90 bits per heavy atom. The number of carbonyl (C=O) groups excluding carboxylic acids is 4. The molecule has 0 unspecified atom stereocenters. The van der Waals surface area contributed by atoms with Crippen LogP contribution in [0.15, 0.2) is 29.2 Å². The fourth-order valence-corrected chi connectivity index (χ4v) is 4.95. The van der Waals surface area contributed by atoms with Gasteiger partial charge in [0.05, 0.1) is 20.2 Å². The topological polar surface area (TPSA) is 166 Å². The minimum absolute atomic E-state index is 0.177. The van der Waals surface area contributed by atoms with E-state index in [1.54, 1.807) is 24.6 Å². The summed E-state index contributed by atoms with van der Waals surface area (Å²) in [6.45, 7) is 0.180. The molecule has 0 saturated carbocycles. The van der Waals surface area contributed by atoms with Crippen LogP contribution in [0.4, 0.5) is 0 Å². The van der Waals surface area contributed by atoms with Crippen molar-refractivity contribution in [3.8, 4) is 5.75 Å². The summed E-state index contributed by atoms with van der Waals surface area (Å²) in [5.41, 5.74) is 0. The molecule has 0 aromatic heterocycles. The first-order valence-electron chi connectivity index (χ1n) is 8.68. The Morgan fingerprint density at radius 2 is 1.39 bits per heavy atom. The summed E-state index contributed by atoms with van der Waals surface area (Å²) in [6.07, 6.45) is 3.21. The summed E-state index contributed by atoms with van der Waals surface area (Å²) in [5, 5.41) is 6.83. The highest BCUT2D eigenvalue weighted by Crippen LogP contribution is 2.51. The van der Waals surface area contributed by atoms with Gasteiger partial charge in [-0.15, -0.1) is 0 Å². The third kappa shape index (κ3) is 10.3. The molecule has 174 valence electrons. The van der Waals surface area contributed by atoms with Crippen LogP contribution in [0.3, 0.4) is 0 Å². The summed E-state index contributed by atoms with van der Waals surface area (Å²) >= 11 is 0. The Balaban J connectivity index is 2.48. The van der Waals surface area contributed by atoms with E-state index in [2.05, 4.69) is 20.1 Å². The lowest BCUT2D eigenvalue weighted by Gasteiger charge is -2.29. The van der Waals surface area contributed by atoms with Gasteiger partial charge in [-0.25, -0.2) is 4.79 Å². The second kappa shape index (κ2) is 11.6. The quantitative estimate of drug-likeness (QED) is 0.272. The number of hydrogen-bond acceptors (Lipinski definition) is 9. The van der Waals surface area contributed by atoms with Gasteiger partial charge >= 0.3 is 16.4 Å². The molecule has 0 aliphatic rings. The van der Waals surface area contributed by atoms with Crippen LogP contribution in [0.1, 0.15) is 6.92 Å². The summed E-state index contributed by atoms with van der Waals surface area (Å²) in [4.78, 5) is 46.1. The molecule has 14 heteroatoms. The van der Waals surface area contributed by atoms with Crippen LogP contribution in [-0.2, 0) is 37.4 Å². The molecule has 31 heavy (non-hydrogen) atoms. The van der Waals surface area contributed by atoms with Crippen molar-refractivity contribution in [2.75, 3.05) is 39.3 Å². The first-order chi connectivity index (χ1) is 14.3. The minimum Gasteiger partial charge on any atom is -0.425 e. The lowest BCUT2D eigenvalue weighted by Crippen LogP contribution is -2.43. The Morgan fingerprint density at radius 1 is 0.871 bits per heavy atom. The SMILES string of the molecule is COS(=O)(=O)OS(C)(C)c1ccc(OC(=O)CNC(=O)CNC(=O)CNC(C)=O)cc1. The van der Waals surface area contributed by atoms with E-state index in [-0.39, 0.29) is 24.7 Å². The summed E-state index contributed by atoms with van der Waals surface area (Å²) in [6, 6.07) is 6.00.